The van der Waals surface area contributed by atoms with Crippen molar-refractivity contribution in [3.05, 3.63) is 18.1 Å². The number of hydrogen-bond donors (Lipinski definition) is 1. The van der Waals surface area contributed by atoms with E-state index < -0.39 is 0 Å². The minimum atomic E-state index is 0.472. The van der Waals surface area contributed by atoms with Crippen LogP contribution in [0.25, 0.3) is 0 Å². The summed E-state index contributed by atoms with van der Waals surface area (Å²) in [4.78, 5) is 13.9. The second-order valence-electron chi connectivity index (χ2n) is 5.83. The Hall–Kier alpha value is -1.20. The van der Waals surface area contributed by atoms with E-state index in [0.717, 1.165) is 44.2 Å². The van der Waals surface area contributed by atoms with Crippen molar-refractivity contribution in [3.63, 3.8) is 0 Å². The maximum absolute atomic E-state index is 4.57. The predicted octanol–water partition coefficient (Wildman–Crippen LogP) is 1.50. The molecule has 1 unspecified atom stereocenters. The number of nitrogens with one attached hydrogen (secondary N) is 1. The first-order valence-electron chi connectivity index (χ1n) is 7.63. The molecule has 2 rings (SSSR count). The normalized spacial score (nSPS) is 20.6. The number of aromatic nitrogens is 2. The number of nitrogens with zero attached hydrogens (tertiary/aromatic N) is 4. The van der Waals surface area contributed by atoms with Crippen molar-refractivity contribution < 1.29 is 0 Å². The quantitative estimate of drug-likeness (QED) is 0.884. The molecule has 0 bridgehead atoms. The molecule has 2 heterocycles. The van der Waals surface area contributed by atoms with Crippen LogP contribution in [0, 0.1) is 0 Å². The summed E-state index contributed by atoms with van der Waals surface area (Å²) < 4.78 is 0. The van der Waals surface area contributed by atoms with Gasteiger partial charge in [0.2, 0.25) is 0 Å². The van der Waals surface area contributed by atoms with Gasteiger partial charge in [-0.15, -0.1) is 0 Å². The Balaban J connectivity index is 1.93. The van der Waals surface area contributed by atoms with Gasteiger partial charge in [0.25, 0.3) is 0 Å². The smallest absolute Gasteiger partial charge is 0.147 e. The number of likely N-dealkylation sites (N-methyl/N-ethyl adjacent to an activating group) is 1. The summed E-state index contributed by atoms with van der Waals surface area (Å²) in [5.41, 5.74) is 1.00. The van der Waals surface area contributed by atoms with Crippen LogP contribution < -0.4 is 10.2 Å². The third kappa shape index (κ3) is 3.90. The molecule has 1 saturated heterocycles. The monoisotopic (exact) mass is 277 g/mol. The molecule has 1 aliphatic rings. The van der Waals surface area contributed by atoms with Crippen LogP contribution in [0.2, 0.25) is 0 Å². The summed E-state index contributed by atoms with van der Waals surface area (Å²) in [5, 5.41) is 3.36. The Kier molecular flexibility index (Phi) is 5.31. The number of piperazine rings is 1. The minimum absolute atomic E-state index is 0.472. The van der Waals surface area contributed by atoms with Crippen molar-refractivity contribution in [2.24, 2.45) is 0 Å². The van der Waals surface area contributed by atoms with E-state index in [4.69, 9.17) is 0 Å². The molecule has 0 aromatic carbocycles. The van der Waals surface area contributed by atoms with E-state index in [1.54, 1.807) is 0 Å². The molecule has 5 heteroatoms. The number of hydrogen-bond acceptors (Lipinski definition) is 5. The summed E-state index contributed by atoms with van der Waals surface area (Å²) in [5.74, 6) is 1.00. The van der Waals surface area contributed by atoms with Gasteiger partial charge < -0.3 is 10.2 Å². The molecule has 0 saturated carbocycles. The first-order chi connectivity index (χ1) is 9.60. The Morgan fingerprint density at radius 2 is 2.10 bits per heavy atom. The van der Waals surface area contributed by atoms with Crippen LogP contribution in [0.15, 0.2) is 12.4 Å². The highest BCUT2D eigenvalue weighted by molar-refractivity contribution is 5.36. The molecule has 0 aliphatic carbocycles. The van der Waals surface area contributed by atoms with Crippen molar-refractivity contribution in [2.45, 2.75) is 46.3 Å². The molecule has 1 atom stereocenters. The zero-order valence-electron chi connectivity index (χ0n) is 13.1. The topological polar surface area (TPSA) is 44.3 Å². The largest absolute Gasteiger partial charge is 0.353 e. The molecular formula is C15H27N5. The lowest BCUT2D eigenvalue weighted by Crippen LogP contribution is -2.52. The lowest BCUT2D eigenvalue weighted by molar-refractivity contribution is 0.199. The van der Waals surface area contributed by atoms with Crippen LogP contribution in [0.1, 0.15) is 33.4 Å². The van der Waals surface area contributed by atoms with Gasteiger partial charge >= 0.3 is 0 Å². The Morgan fingerprint density at radius 3 is 2.65 bits per heavy atom. The van der Waals surface area contributed by atoms with E-state index in [-0.39, 0.29) is 0 Å². The molecule has 1 aromatic rings. The van der Waals surface area contributed by atoms with Crippen molar-refractivity contribution in [2.75, 3.05) is 31.1 Å². The molecule has 20 heavy (non-hydrogen) atoms. The van der Waals surface area contributed by atoms with Crippen molar-refractivity contribution in [3.8, 4) is 0 Å². The van der Waals surface area contributed by atoms with Gasteiger partial charge in [-0.25, -0.2) is 4.98 Å². The molecule has 5 nitrogen and oxygen atoms in total. The fourth-order valence-electron chi connectivity index (χ4n) is 2.58. The van der Waals surface area contributed by atoms with Crippen LogP contribution in [0.3, 0.4) is 0 Å². The van der Waals surface area contributed by atoms with E-state index >= 15 is 0 Å². The molecule has 0 radical (unpaired) electrons. The fraction of sp³-hybridized carbons (Fsp3) is 0.733. The maximum Gasteiger partial charge on any atom is 0.147 e. The van der Waals surface area contributed by atoms with Gasteiger partial charge in [-0.2, -0.15) is 0 Å². The van der Waals surface area contributed by atoms with E-state index in [0.29, 0.717) is 12.1 Å². The van der Waals surface area contributed by atoms with E-state index in [1.165, 1.54) is 0 Å². The van der Waals surface area contributed by atoms with Crippen molar-refractivity contribution in [1.29, 1.82) is 0 Å². The van der Waals surface area contributed by atoms with Gasteiger partial charge in [-0.3, -0.25) is 9.88 Å². The summed E-state index contributed by atoms with van der Waals surface area (Å²) in [6.45, 7) is 13.9. The summed E-state index contributed by atoms with van der Waals surface area (Å²) in [6.07, 6.45) is 3.80. The molecule has 0 amide bonds. The van der Waals surface area contributed by atoms with Crippen LogP contribution in [-0.4, -0.2) is 53.1 Å². The lowest BCUT2D eigenvalue weighted by atomic mass is 10.2. The highest BCUT2D eigenvalue weighted by Gasteiger charge is 2.23. The summed E-state index contributed by atoms with van der Waals surface area (Å²) in [7, 11) is 0. The van der Waals surface area contributed by atoms with Crippen LogP contribution in [-0.2, 0) is 6.54 Å². The lowest BCUT2D eigenvalue weighted by Gasteiger charge is -2.39. The van der Waals surface area contributed by atoms with Gasteiger partial charge in [0.15, 0.2) is 0 Å². The van der Waals surface area contributed by atoms with Gasteiger partial charge in [0, 0.05) is 38.3 Å². The van der Waals surface area contributed by atoms with Gasteiger partial charge in [0.05, 0.1) is 18.1 Å². The predicted molar refractivity (Wildman–Crippen MR) is 82.9 cm³/mol. The Labute approximate surface area is 122 Å². The third-order valence-electron chi connectivity index (χ3n) is 3.88. The fourth-order valence-corrected chi connectivity index (χ4v) is 2.58. The zero-order chi connectivity index (χ0) is 14.5. The van der Waals surface area contributed by atoms with Gasteiger partial charge in [0.1, 0.15) is 5.82 Å². The maximum atomic E-state index is 4.57. The first kappa shape index (κ1) is 15.2. The highest BCUT2D eigenvalue weighted by Crippen LogP contribution is 2.15. The van der Waals surface area contributed by atoms with E-state index in [2.05, 4.69) is 52.8 Å². The third-order valence-corrected chi connectivity index (χ3v) is 3.88. The summed E-state index contributed by atoms with van der Waals surface area (Å²) >= 11 is 0. The van der Waals surface area contributed by atoms with Gasteiger partial charge in [-0.1, -0.05) is 20.8 Å². The average Bonchev–Trinajstić information content (AvgIpc) is 2.45. The zero-order valence-corrected chi connectivity index (χ0v) is 13.1. The summed E-state index contributed by atoms with van der Waals surface area (Å²) in [6, 6.07) is 1.05. The standard InChI is InChI=1S/C15H27N5/c1-5-19-6-7-20(11-13(19)4)15-10-17-14(9-18-15)8-16-12(2)3/h9-10,12-13,16H,5-8,11H2,1-4H3. The van der Waals surface area contributed by atoms with Crippen molar-refractivity contribution >= 4 is 5.82 Å². The molecular weight excluding hydrogens is 250 g/mol. The SMILES string of the molecule is CCN1CCN(c2cnc(CNC(C)C)cn2)CC1C. The Bertz CT molecular complexity index is 403. The Morgan fingerprint density at radius 1 is 1.30 bits per heavy atom. The van der Waals surface area contributed by atoms with Gasteiger partial charge in [-0.05, 0) is 13.5 Å². The second-order valence-corrected chi connectivity index (χ2v) is 5.83. The first-order valence-corrected chi connectivity index (χ1v) is 7.63. The van der Waals surface area contributed by atoms with Crippen LogP contribution in [0.4, 0.5) is 5.82 Å². The van der Waals surface area contributed by atoms with Crippen LogP contribution in [0.5, 0.6) is 0 Å². The van der Waals surface area contributed by atoms with Crippen LogP contribution >= 0.6 is 0 Å². The molecule has 112 valence electrons. The molecule has 1 aromatic heterocycles. The number of anilines is 1. The highest BCUT2D eigenvalue weighted by atomic mass is 15.3. The van der Waals surface area contributed by atoms with E-state index in [1.807, 2.05) is 12.4 Å². The molecule has 1 aliphatic heterocycles. The number of rotatable bonds is 5. The molecule has 1 N–H and O–H groups in total. The average molecular weight is 277 g/mol. The second kappa shape index (κ2) is 6.99. The van der Waals surface area contributed by atoms with Crippen molar-refractivity contribution in [1.82, 2.24) is 20.2 Å². The molecule has 1 fully saturated rings. The molecule has 0 spiro atoms. The minimum Gasteiger partial charge on any atom is -0.353 e. The van der Waals surface area contributed by atoms with E-state index in [9.17, 15) is 0 Å².